The maximum absolute atomic E-state index is 13.8. The van der Waals surface area contributed by atoms with Crippen molar-refractivity contribution >= 4 is 29.1 Å². The summed E-state index contributed by atoms with van der Waals surface area (Å²) in [5, 5.41) is 12.0. The van der Waals surface area contributed by atoms with E-state index >= 15 is 0 Å². The standard InChI is InChI=1S/C29H37Cl2N3O.C4H7F3/c1-3-4-7-26(33-24-6-5-16-32-19-24)27(17-21-10-13-23(30)18-25(21)31)34-28(35)29(14-15-29)22-11-8-20(2)9-12-22;1-3(2)4(5,6)7/h7-13,18,24,27,32-33H,3-6,14-17,19H2,1-2H3,(H,34,35);3H,1-2H3/t24-,27+;/m1./s1. The van der Waals surface area contributed by atoms with Gasteiger partial charge in [0.1, 0.15) is 0 Å². The Morgan fingerprint density at radius 2 is 1.81 bits per heavy atom. The van der Waals surface area contributed by atoms with Gasteiger partial charge in [-0.25, -0.2) is 0 Å². The highest BCUT2D eigenvalue weighted by atomic mass is 35.5. The molecule has 4 rings (SSSR count). The molecule has 2 fully saturated rings. The van der Waals surface area contributed by atoms with Gasteiger partial charge < -0.3 is 16.0 Å². The van der Waals surface area contributed by atoms with Gasteiger partial charge in [0.2, 0.25) is 5.91 Å². The summed E-state index contributed by atoms with van der Waals surface area (Å²) in [6, 6.07) is 14.2. The first-order valence-electron chi connectivity index (χ1n) is 14.9. The van der Waals surface area contributed by atoms with Crippen LogP contribution in [0.1, 0.15) is 76.0 Å². The van der Waals surface area contributed by atoms with Crippen LogP contribution in [0.3, 0.4) is 0 Å². The molecule has 0 spiro atoms. The summed E-state index contributed by atoms with van der Waals surface area (Å²) in [6.45, 7) is 8.49. The fourth-order valence-electron chi connectivity index (χ4n) is 4.90. The molecule has 0 radical (unpaired) electrons. The van der Waals surface area contributed by atoms with Gasteiger partial charge in [0, 0.05) is 34.2 Å². The predicted molar refractivity (Wildman–Crippen MR) is 167 cm³/mol. The molecule has 1 saturated carbocycles. The minimum absolute atomic E-state index is 0.0995. The van der Waals surface area contributed by atoms with Crippen molar-refractivity contribution in [3.63, 3.8) is 0 Å². The van der Waals surface area contributed by atoms with Crippen molar-refractivity contribution < 1.29 is 18.0 Å². The van der Waals surface area contributed by atoms with Gasteiger partial charge >= 0.3 is 6.18 Å². The molecule has 4 nitrogen and oxygen atoms in total. The van der Waals surface area contributed by atoms with Crippen LogP contribution in [0.5, 0.6) is 0 Å². The Morgan fingerprint density at radius 1 is 1.14 bits per heavy atom. The Labute approximate surface area is 258 Å². The number of hydrogen-bond donors (Lipinski definition) is 3. The van der Waals surface area contributed by atoms with Crippen LogP contribution in [0.2, 0.25) is 10.0 Å². The van der Waals surface area contributed by atoms with Crippen LogP contribution in [0.15, 0.2) is 54.2 Å². The van der Waals surface area contributed by atoms with Gasteiger partial charge in [-0.05, 0) is 75.3 Å². The lowest BCUT2D eigenvalue weighted by Gasteiger charge is -2.31. The molecule has 1 heterocycles. The number of allylic oxidation sites excluding steroid dienone is 1. The van der Waals surface area contributed by atoms with E-state index in [4.69, 9.17) is 23.2 Å². The number of nitrogens with one attached hydrogen (secondary N) is 3. The molecule has 1 amide bonds. The summed E-state index contributed by atoms with van der Waals surface area (Å²) in [5.41, 5.74) is 3.94. The molecule has 2 aromatic rings. The fraction of sp³-hybridized carbons (Fsp3) is 0.545. The molecule has 0 bridgehead atoms. The molecule has 0 unspecified atom stereocenters. The van der Waals surface area contributed by atoms with Crippen LogP contribution >= 0.6 is 23.2 Å². The number of rotatable bonds is 10. The Bertz CT molecular complexity index is 1190. The van der Waals surface area contributed by atoms with Gasteiger partial charge in [0.15, 0.2) is 0 Å². The Balaban J connectivity index is 0.000000616. The number of piperidine rings is 1. The summed E-state index contributed by atoms with van der Waals surface area (Å²) in [5.74, 6) is -1.10. The van der Waals surface area contributed by atoms with Crippen LogP contribution in [0.4, 0.5) is 13.2 Å². The highest BCUT2D eigenvalue weighted by Crippen LogP contribution is 2.48. The van der Waals surface area contributed by atoms with E-state index in [1.54, 1.807) is 6.07 Å². The molecule has 2 aromatic carbocycles. The van der Waals surface area contributed by atoms with E-state index in [9.17, 15) is 18.0 Å². The van der Waals surface area contributed by atoms with E-state index in [0.717, 1.165) is 82.3 Å². The third-order valence-corrected chi connectivity index (χ3v) is 8.47. The summed E-state index contributed by atoms with van der Waals surface area (Å²) >= 11 is 12.7. The van der Waals surface area contributed by atoms with Crippen molar-refractivity contribution in [2.45, 2.75) is 96.3 Å². The van der Waals surface area contributed by atoms with Crippen LogP contribution in [0, 0.1) is 12.8 Å². The molecule has 2 aliphatic rings. The van der Waals surface area contributed by atoms with Gasteiger partial charge in [0.05, 0.1) is 11.5 Å². The largest absolute Gasteiger partial charge is 0.391 e. The number of benzene rings is 2. The Morgan fingerprint density at radius 3 is 2.33 bits per heavy atom. The second-order valence-electron chi connectivity index (χ2n) is 11.7. The number of amides is 1. The summed E-state index contributed by atoms with van der Waals surface area (Å²) in [7, 11) is 0. The Kier molecular flexibility index (Phi) is 12.6. The van der Waals surface area contributed by atoms with E-state index in [0.29, 0.717) is 22.5 Å². The van der Waals surface area contributed by atoms with Crippen molar-refractivity contribution in [2.75, 3.05) is 13.1 Å². The fourth-order valence-corrected chi connectivity index (χ4v) is 5.38. The second kappa shape index (κ2) is 15.5. The molecule has 2 atom stereocenters. The zero-order chi connectivity index (χ0) is 30.9. The predicted octanol–water partition coefficient (Wildman–Crippen LogP) is 8.29. The van der Waals surface area contributed by atoms with Crippen LogP contribution in [0.25, 0.3) is 0 Å². The highest BCUT2D eigenvalue weighted by Gasteiger charge is 2.51. The highest BCUT2D eigenvalue weighted by molar-refractivity contribution is 6.35. The first-order chi connectivity index (χ1) is 19.9. The average Bonchev–Trinajstić information content (AvgIpc) is 3.75. The van der Waals surface area contributed by atoms with Crippen molar-refractivity contribution in [1.29, 1.82) is 0 Å². The summed E-state index contributed by atoms with van der Waals surface area (Å²) < 4.78 is 33.5. The minimum atomic E-state index is -4.00. The van der Waals surface area contributed by atoms with Gasteiger partial charge in [-0.3, -0.25) is 4.79 Å². The number of hydrogen-bond acceptors (Lipinski definition) is 3. The third-order valence-electron chi connectivity index (χ3n) is 7.88. The average molecular weight is 627 g/mol. The van der Waals surface area contributed by atoms with Crippen LogP contribution < -0.4 is 16.0 Å². The summed E-state index contributed by atoms with van der Waals surface area (Å²) in [4.78, 5) is 13.8. The molecule has 1 aliphatic heterocycles. The molecule has 42 heavy (non-hydrogen) atoms. The van der Waals surface area contributed by atoms with E-state index in [1.807, 2.05) is 12.1 Å². The topological polar surface area (TPSA) is 53.2 Å². The van der Waals surface area contributed by atoms with Crippen LogP contribution in [-0.4, -0.2) is 37.3 Å². The Hall–Kier alpha value is -2.22. The third kappa shape index (κ3) is 9.92. The normalized spacial score (nSPS) is 19.0. The zero-order valence-corrected chi connectivity index (χ0v) is 26.5. The van der Waals surface area contributed by atoms with Crippen molar-refractivity contribution in [2.24, 2.45) is 5.92 Å². The van der Waals surface area contributed by atoms with Gasteiger partial charge in [-0.1, -0.05) is 92.4 Å². The lowest BCUT2D eigenvalue weighted by Crippen LogP contribution is -2.50. The van der Waals surface area contributed by atoms with Crippen molar-refractivity contribution in [3.05, 3.63) is 81.0 Å². The molecule has 9 heteroatoms. The van der Waals surface area contributed by atoms with E-state index in [1.165, 1.54) is 5.56 Å². The molecule has 232 valence electrons. The number of aryl methyl sites for hydroxylation is 1. The number of unbranched alkanes of at least 4 members (excludes halogenated alkanes) is 1. The van der Waals surface area contributed by atoms with Crippen molar-refractivity contribution in [3.8, 4) is 0 Å². The smallest absolute Gasteiger partial charge is 0.383 e. The van der Waals surface area contributed by atoms with Gasteiger partial charge in [-0.15, -0.1) is 0 Å². The number of halogens is 5. The number of carbonyl (C=O) groups excluding carboxylic acids is 1. The van der Waals surface area contributed by atoms with E-state index < -0.39 is 17.5 Å². The van der Waals surface area contributed by atoms with Gasteiger partial charge in [0.25, 0.3) is 0 Å². The molecule has 3 N–H and O–H groups in total. The summed E-state index contributed by atoms with van der Waals surface area (Å²) in [6.07, 6.45) is 4.88. The maximum Gasteiger partial charge on any atom is 0.391 e. The maximum atomic E-state index is 13.8. The quantitative estimate of drug-likeness (QED) is 0.249. The number of carbonyl (C=O) groups is 1. The molecule has 0 aromatic heterocycles. The monoisotopic (exact) mass is 625 g/mol. The SMILES string of the molecule is CC(C)C(F)(F)F.CCCC=C(N[C@@H]1CCCNC1)[C@H](Cc1ccc(Cl)cc1Cl)NC(=O)C1(c2ccc(C)cc2)CC1. The molecule has 1 aliphatic carbocycles. The molecular formula is C33H44Cl2F3N3O. The lowest BCUT2D eigenvalue weighted by atomic mass is 9.92. The zero-order valence-electron chi connectivity index (χ0n) is 25.0. The first-order valence-corrected chi connectivity index (χ1v) is 15.7. The first kappa shape index (κ1) is 34.3. The van der Waals surface area contributed by atoms with Gasteiger partial charge in [-0.2, -0.15) is 13.2 Å². The second-order valence-corrected chi connectivity index (χ2v) is 12.6. The van der Waals surface area contributed by atoms with E-state index in [-0.39, 0.29) is 11.9 Å². The molecular weight excluding hydrogens is 582 g/mol. The van der Waals surface area contributed by atoms with Crippen LogP contribution in [-0.2, 0) is 16.6 Å². The lowest BCUT2D eigenvalue weighted by molar-refractivity contribution is -0.164. The number of alkyl halides is 3. The van der Waals surface area contributed by atoms with E-state index in [2.05, 4.69) is 60.1 Å². The molecule has 1 saturated heterocycles. The van der Waals surface area contributed by atoms with Crippen molar-refractivity contribution in [1.82, 2.24) is 16.0 Å². The minimum Gasteiger partial charge on any atom is -0.383 e.